The van der Waals surface area contributed by atoms with Crippen molar-refractivity contribution in [1.29, 1.82) is 0 Å². The number of nitrogens with two attached hydrogens (primary N) is 1. The zero-order chi connectivity index (χ0) is 14.6. The lowest BCUT2D eigenvalue weighted by atomic mass is 10.0. The summed E-state index contributed by atoms with van der Waals surface area (Å²) in [4.78, 5) is 0. The average molecular weight is 289 g/mol. The summed E-state index contributed by atoms with van der Waals surface area (Å²) < 4.78 is 22.5. The molecule has 2 N–H and O–H groups in total. The second-order valence-electron chi connectivity index (χ2n) is 5.10. The molecule has 0 bridgehead atoms. The van der Waals surface area contributed by atoms with E-state index < -0.39 is 15.9 Å². The Labute approximate surface area is 120 Å². The van der Waals surface area contributed by atoms with Gasteiger partial charge in [-0.1, -0.05) is 54.6 Å². The molecule has 0 amide bonds. The van der Waals surface area contributed by atoms with E-state index in [-0.39, 0.29) is 5.75 Å². The SMILES string of the molecule is CS(=O)(=O)CC(N)c1ccc(Cc2ccccc2)cc1. The first-order valence-electron chi connectivity index (χ1n) is 6.50. The van der Waals surface area contributed by atoms with E-state index in [0.29, 0.717) is 0 Å². The molecule has 3 nitrogen and oxygen atoms in total. The second-order valence-corrected chi connectivity index (χ2v) is 7.29. The van der Waals surface area contributed by atoms with Gasteiger partial charge in [0, 0.05) is 12.3 Å². The van der Waals surface area contributed by atoms with Crippen LogP contribution < -0.4 is 5.73 Å². The highest BCUT2D eigenvalue weighted by Gasteiger charge is 2.12. The van der Waals surface area contributed by atoms with Crippen molar-refractivity contribution < 1.29 is 8.42 Å². The number of hydrogen-bond donors (Lipinski definition) is 1. The Hall–Kier alpha value is -1.65. The van der Waals surface area contributed by atoms with Gasteiger partial charge in [0.2, 0.25) is 0 Å². The summed E-state index contributed by atoms with van der Waals surface area (Å²) in [7, 11) is -3.06. The molecule has 0 heterocycles. The standard InChI is InChI=1S/C16H19NO2S/c1-20(18,19)12-16(17)15-9-7-14(8-10-15)11-13-5-3-2-4-6-13/h2-10,16H,11-12,17H2,1H3. The minimum absolute atomic E-state index is 0.0228. The molecule has 2 aromatic rings. The highest BCUT2D eigenvalue weighted by atomic mass is 32.2. The van der Waals surface area contributed by atoms with Gasteiger partial charge >= 0.3 is 0 Å². The van der Waals surface area contributed by atoms with Crippen molar-refractivity contribution in [3.05, 3.63) is 71.3 Å². The summed E-state index contributed by atoms with van der Waals surface area (Å²) >= 11 is 0. The molecule has 0 aliphatic rings. The Balaban J connectivity index is 2.07. The minimum atomic E-state index is -3.06. The van der Waals surface area contributed by atoms with E-state index in [1.807, 2.05) is 42.5 Å². The molecule has 0 fully saturated rings. The van der Waals surface area contributed by atoms with E-state index in [0.717, 1.165) is 12.0 Å². The third-order valence-electron chi connectivity index (χ3n) is 3.14. The normalized spacial score (nSPS) is 13.1. The zero-order valence-corrected chi connectivity index (χ0v) is 12.3. The summed E-state index contributed by atoms with van der Waals surface area (Å²) in [5.74, 6) is -0.0228. The Morgan fingerprint density at radius 3 is 2.05 bits per heavy atom. The van der Waals surface area contributed by atoms with Gasteiger partial charge in [-0.15, -0.1) is 0 Å². The van der Waals surface area contributed by atoms with Crippen molar-refractivity contribution in [2.24, 2.45) is 5.73 Å². The van der Waals surface area contributed by atoms with Gasteiger partial charge in [0.05, 0.1) is 5.75 Å². The summed E-state index contributed by atoms with van der Waals surface area (Å²) in [6, 6.07) is 17.6. The number of rotatable bonds is 5. The molecule has 1 unspecified atom stereocenters. The van der Waals surface area contributed by atoms with Crippen LogP contribution in [0.15, 0.2) is 54.6 Å². The monoisotopic (exact) mass is 289 g/mol. The molecular weight excluding hydrogens is 270 g/mol. The molecule has 106 valence electrons. The van der Waals surface area contributed by atoms with Crippen LogP contribution in [0, 0.1) is 0 Å². The van der Waals surface area contributed by atoms with Crippen LogP contribution >= 0.6 is 0 Å². The van der Waals surface area contributed by atoms with Crippen LogP contribution in [0.4, 0.5) is 0 Å². The molecule has 2 rings (SSSR count). The molecule has 2 aromatic carbocycles. The van der Waals surface area contributed by atoms with Gasteiger partial charge in [0.15, 0.2) is 0 Å². The van der Waals surface area contributed by atoms with Crippen molar-refractivity contribution in [2.45, 2.75) is 12.5 Å². The van der Waals surface area contributed by atoms with Crippen molar-refractivity contribution in [3.8, 4) is 0 Å². The van der Waals surface area contributed by atoms with Gasteiger partial charge in [0.1, 0.15) is 9.84 Å². The molecule has 0 saturated heterocycles. The maximum Gasteiger partial charge on any atom is 0.149 e. The first-order chi connectivity index (χ1) is 9.44. The summed E-state index contributed by atoms with van der Waals surface area (Å²) in [5.41, 5.74) is 9.20. The smallest absolute Gasteiger partial charge is 0.149 e. The molecular formula is C16H19NO2S. The minimum Gasteiger partial charge on any atom is -0.323 e. The maximum atomic E-state index is 11.2. The van der Waals surface area contributed by atoms with E-state index in [4.69, 9.17) is 5.73 Å². The van der Waals surface area contributed by atoms with Crippen molar-refractivity contribution in [3.63, 3.8) is 0 Å². The molecule has 4 heteroatoms. The van der Waals surface area contributed by atoms with Gasteiger partial charge in [-0.2, -0.15) is 0 Å². The Morgan fingerprint density at radius 2 is 1.50 bits per heavy atom. The van der Waals surface area contributed by atoms with Crippen molar-refractivity contribution in [2.75, 3.05) is 12.0 Å². The van der Waals surface area contributed by atoms with E-state index >= 15 is 0 Å². The largest absolute Gasteiger partial charge is 0.323 e. The molecule has 1 atom stereocenters. The van der Waals surface area contributed by atoms with Gasteiger partial charge in [-0.3, -0.25) is 0 Å². The Bertz CT molecular complexity index is 649. The van der Waals surface area contributed by atoms with Crippen molar-refractivity contribution in [1.82, 2.24) is 0 Å². The van der Waals surface area contributed by atoms with Crippen LogP contribution in [-0.2, 0) is 16.3 Å². The van der Waals surface area contributed by atoms with Gasteiger partial charge in [-0.05, 0) is 23.1 Å². The second kappa shape index (κ2) is 6.20. The van der Waals surface area contributed by atoms with E-state index in [1.165, 1.54) is 17.4 Å². The van der Waals surface area contributed by atoms with E-state index in [9.17, 15) is 8.42 Å². The maximum absolute atomic E-state index is 11.2. The lowest BCUT2D eigenvalue weighted by molar-refractivity contribution is 0.595. The first-order valence-corrected chi connectivity index (χ1v) is 8.56. The number of hydrogen-bond acceptors (Lipinski definition) is 3. The van der Waals surface area contributed by atoms with Gasteiger partial charge in [-0.25, -0.2) is 8.42 Å². The molecule has 0 aromatic heterocycles. The third-order valence-corrected chi connectivity index (χ3v) is 4.11. The van der Waals surface area contributed by atoms with Crippen LogP contribution in [0.25, 0.3) is 0 Å². The fraction of sp³-hybridized carbons (Fsp3) is 0.250. The van der Waals surface area contributed by atoms with E-state index in [2.05, 4.69) is 12.1 Å². The predicted molar refractivity (Wildman–Crippen MR) is 82.3 cm³/mol. The topological polar surface area (TPSA) is 60.2 Å². The van der Waals surface area contributed by atoms with Crippen LogP contribution in [0.1, 0.15) is 22.7 Å². The number of benzene rings is 2. The molecule has 0 aliphatic heterocycles. The summed E-state index contributed by atoms with van der Waals surface area (Å²) in [6.07, 6.45) is 2.07. The van der Waals surface area contributed by atoms with Crippen LogP contribution in [0.2, 0.25) is 0 Å². The van der Waals surface area contributed by atoms with E-state index in [1.54, 1.807) is 0 Å². The number of sulfone groups is 1. The quantitative estimate of drug-likeness (QED) is 0.919. The molecule has 0 radical (unpaired) electrons. The fourth-order valence-electron chi connectivity index (χ4n) is 2.14. The highest BCUT2D eigenvalue weighted by Crippen LogP contribution is 2.15. The lowest BCUT2D eigenvalue weighted by Gasteiger charge is -2.11. The Kier molecular flexibility index (Phi) is 4.57. The molecule has 0 spiro atoms. The van der Waals surface area contributed by atoms with Crippen LogP contribution in [-0.4, -0.2) is 20.4 Å². The zero-order valence-electron chi connectivity index (χ0n) is 11.5. The van der Waals surface area contributed by atoms with Gasteiger partial charge < -0.3 is 5.73 Å². The third kappa shape index (κ3) is 4.47. The average Bonchev–Trinajstić information content (AvgIpc) is 2.39. The highest BCUT2D eigenvalue weighted by molar-refractivity contribution is 7.90. The van der Waals surface area contributed by atoms with Gasteiger partial charge in [0.25, 0.3) is 0 Å². The molecule has 20 heavy (non-hydrogen) atoms. The summed E-state index contributed by atoms with van der Waals surface area (Å²) in [6.45, 7) is 0. The lowest BCUT2D eigenvalue weighted by Crippen LogP contribution is -2.20. The first kappa shape index (κ1) is 14.8. The fourth-order valence-corrected chi connectivity index (χ4v) is 2.98. The predicted octanol–water partition coefficient (Wildman–Crippen LogP) is 2.32. The summed E-state index contributed by atoms with van der Waals surface area (Å²) in [5, 5.41) is 0. The molecule has 0 aliphatic carbocycles. The molecule has 0 saturated carbocycles. The van der Waals surface area contributed by atoms with Crippen LogP contribution in [0.3, 0.4) is 0 Å². The van der Waals surface area contributed by atoms with Crippen LogP contribution in [0.5, 0.6) is 0 Å². The van der Waals surface area contributed by atoms with Crippen molar-refractivity contribution >= 4 is 9.84 Å². The Morgan fingerprint density at radius 1 is 0.950 bits per heavy atom.